The van der Waals surface area contributed by atoms with Crippen LogP contribution < -0.4 is 0 Å². The second-order valence-electron chi connectivity index (χ2n) is 6.16. The van der Waals surface area contributed by atoms with Gasteiger partial charge in [0.05, 0.1) is 0 Å². The van der Waals surface area contributed by atoms with E-state index >= 15 is 0 Å². The maximum atomic E-state index is 12.4. The van der Waals surface area contributed by atoms with Crippen molar-refractivity contribution in [2.75, 3.05) is 6.61 Å². The van der Waals surface area contributed by atoms with Crippen LogP contribution >= 0.6 is 0 Å². The Kier molecular flexibility index (Phi) is 4.90. The molecule has 26 heavy (non-hydrogen) atoms. The minimum atomic E-state index is -0.933. The van der Waals surface area contributed by atoms with Crippen molar-refractivity contribution in [3.8, 4) is 0 Å². The standard InChI is InChI=1S/C20H18O6/c21-11-16-18(26-20(24-16)14-9-5-2-6-10-14)17-15(22)12-23-19(25-17)13-7-3-1-4-8-13/h1-11,16-20H,12H2/t16-,17+,18+,19+,20-/m0/s1. The van der Waals surface area contributed by atoms with Crippen molar-refractivity contribution in [1.82, 2.24) is 0 Å². The van der Waals surface area contributed by atoms with Gasteiger partial charge in [-0.05, 0) is 0 Å². The van der Waals surface area contributed by atoms with Gasteiger partial charge < -0.3 is 23.7 Å². The maximum absolute atomic E-state index is 12.4. The molecule has 2 aromatic rings. The number of ether oxygens (including phenoxy) is 4. The second kappa shape index (κ2) is 7.47. The summed E-state index contributed by atoms with van der Waals surface area (Å²) in [7, 11) is 0. The highest BCUT2D eigenvalue weighted by Crippen LogP contribution is 2.36. The Hall–Kier alpha value is -2.38. The molecule has 6 heteroatoms. The van der Waals surface area contributed by atoms with Crippen molar-refractivity contribution in [2.24, 2.45) is 0 Å². The van der Waals surface area contributed by atoms with Crippen LogP contribution in [0.2, 0.25) is 0 Å². The highest BCUT2D eigenvalue weighted by molar-refractivity contribution is 5.86. The Bertz CT molecular complexity index is 762. The zero-order valence-corrected chi connectivity index (χ0v) is 13.9. The van der Waals surface area contributed by atoms with Gasteiger partial charge in [0.1, 0.15) is 18.8 Å². The summed E-state index contributed by atoms with van der Waals surface area (Å²) in [5.74, 6) is -0.272. The molecule has 0 N–H and O–H groups in total. The largest absolute Gasteiger partial charge is 0.340 e. The number of benzene rings is 2. The molecule has 5 atom stereocenters. The van der Waals surface area contributed by atoms with Gasteiger partial charge in [0.15, 0.2) is 30.8 Å². The van der Waals surface area contributed by atoms with Crippen LogP contribution in [0.3, 0.4) is 0 Å². The molecule has 0 radical (unpaired) electrons. The summed E-state index contributed by atoms with van der Waals surface area (Å²) in [5.41, 5.74) is 1.58. The topological polar surface area (TPSA) is 71.1 Å². The van der Waals surface area contributed by atoms with Crippen molar-refractivity contribution in [3.63, 3.8) is 0 Å². The second-order valence-corrected chi connectivity index (χ2v) is 6.16. The van der Waals surface area contributed by atoms with E-state index in [1.54, 1.807) is 0 Å². The average molecular weight is 354 g/mol. The molecule has 0 saturated carbocycles. The number of rotatable bonds is 4. The Morgan fingerprint density at radius 1 is 0.808 bits per heavy atom. The Balaban J connectivity index is 1.54. The maximum Gasteiger partial charge on any atom is 0.190 e. The number of hydrogen-bond donors (Lipinski definition) is 0. The van der Waals surface area contributed by atoms with Crippen molar-refractivity contribution in [2.45, 2.75) is 30.9 Å². The van der Waals surface area contributed by atoms with Crippen molar-refractivity contribution in [1.29, 1.82) is 0 Å². The van der Waals surface area contributed by atoms with Crippen molar-refractivity contribution in [3.05, 3.63) is 71.8 Å². The first-order valence-electron chi connectivity index (χ1n) is 8.42. The van der Waals surface area contributed by atoms with Gasteiger partial charge in [-0.2, -0.15) is 0 Å². The third-order valence-electron chi connectivity index (χ3n) is 4.43. The lowest BCUT2D eigenvalue weighted by molar-refractivity contribution is -0.230. The SMILES string of the molecule is O=C[C@@H]1O[C@H](c2ccccc2)O[C@H]1[C@@H]1O[C@H](c2ccccc2)OCC1=O. The quantitative estimate of drug-likeness (QED) is 0.785. The van der Waals surface area contributed by atoms with Gasteiger partial charge in [-0.3, -0.25) is 4.79 Å². The number of hydrogen-bond acceptors (Lipinski definition) is 6. The van der Waals surface area contributed by atoms with E-state index in [-0.39, 0.29) is 12.4 Å². The normalized spacial score (nSPS) is 31.7. The number of ketones is 1. The van der Waals surface area contributed by atoms with E-state index in [4.69, 9.17) is 18.9 Å². The van der Waals surface area contributed by atoms with Crippen molar-refractivity contribution < 1.29 is 28.5 Å². The Labute approximate surface area is 150 Å². The van der Waals surface area contributed by atoms with Crippen LogP contribution in [0.25, 0.3) is 0 Å². The molecule has 0 unspecified atom stereocenters. The molecule has 0 spiro atoms. The van der Waals surface area contributed by atoms with Gasteiger partial charge in [0.2, 0.25) is 0 Å². The van der Waals surface area contributed by atoms with Crippen LogP contribution in [0, 0.1) is 0 Å². The fourth-order valence-electron chi connectivity index (χ4n) is 3.13. The summed E-state index contributed by atoms with van der Waals surface area (Å²) in [6.45, 7) is -0.105. The summed E-state index contributed by atoms with van der Waals surface area (Å²) in [6.07, 6.45) is -3.39. The van der Waals surface area contributed by atoms with E-state index in [0.29, 0.717) is 6.29 Å². The van der Waals surface area contributed by atoms with E-state index in [9.17, 15) is 9.59 Å². The molecule has 2 heterocycles. The van der Waals surface area contributed by atoms with Gasteiger partial charge >= 0.3 is 0 Å². The van der Waals surface area contributed by atoms with Crippen LogP contribution in [0.1, 0.15) is 23.7 Å². The molecule has 2 fully saturated rings. The zero-order chi connectivity index (χ0) is 17.9. The number of carbonyl (C=O) groups excluding carboxylic acids is 2. The molecular weight excluding hydrogens is 336 g/mol. The van der Waals surface area contributed by atoms with E-state index in [0.717, 1.165) is 11.1 Å². The molecule has 2 aromatic carbocycles. The number of carbonyl (C=O) groups is 2. The summed E-state index contributed by atoms with van der Waals surface area (Å²) >= 11 is 0. The predicted molar refractivity (Wildman–Crippen MR) is 90.0 cm³/mol. The number of aldehydes is 1. The summed E-state index contributed by atoms with van der Waals surface area (Å²) in [5, 5.41) is 0. The van der Waals surface area contributed by atoms with Crippen LogP contribution in [0.15, 0.2) is 60.7 Å². The third-order valence-corrected chi connectivity index (χ3v) is 4.43. The monoisotopic (exact) mass is 354 g/mol. The third kappa shape index (κ3) is 3.32. The number of Topliss-reactive ketones (excluding diaryl/α,β-unsaturated/α-hetero) is 1. The molecule has 2 saturated heterocycles. The first-order valence-corrected chi connectivity index (χ1v) is 8.42. The van der Waals surface area contributed by atoms with Gasteiger partial charge in [-0.15, -0.1) is 0 Å². The highest BCUT2D eigenvalue weighted by Gasteiger charge is 2.47. The van der Waals surface area contributed by atoms with Crippen molar-refractivity contribution >= 4 is 12.1 Å². The van der Waals surface area contributed by atoms with Gasteiger partial charge in [0.25, 0.3) is 0 Å². The zero-order valence-electron chi connectivity index (χ0n) is 13.9. The molecule has 0 aliphatic carbocycles. The first-order chi connectivity index (χ1) is 12.8. The average Bonchev–Trinajstić information content (AvgIpc) is 3.14. The predicted octanol–water partition coefficient (Wildman–Crippen LogP) is 2.35. The van der Waals surface area contributed by atoms with Crippen LogP contribution in [-0.4, -0.2) is 37.0 Å². The van der Waals surface area contributed by atoms with E-state index in [1.165, 1.54) is 0 Å². The van der Waals surface area contributed by atoms with E-state index < -0.39 is 30.9 Å². The molecule has 6 nitrogen and oxygen atoms in total. The first kappa shape index (κ1) is 17.1. The van der Waals surface area contributed by atoms with Crippen LogP contribution in [0.4, 0.5) is 0 Å². The molecular formula is C20H18O6. The lowest BCUT2D eigenvalue weighted by Gasteiger charge is -2.32. The molecule has 134 valence electrons. The van der Waals surface area contributed by atoms with Crippen LogP contribution in [-0.2, 0) is 28.5 Å². The van der Waals surface area contributed by atoms with E-state index in [1.807, 2.05) is 60.7 Å². The fraction of sp³-hybridized carbons (Fsp3) is 0.300. The highest BCUT2D eigenvalue weighted by atomic mass is 16.8. The summed E-state index contributed by atoms with van der Waals surface area (Å²) in [4.78, 5) is 23.9. The summed E-state index contributed by atoms with van der Waals surface area (Å²) < 4.78 is 22.9. The van der Waals surface area contributed by atoms with Gasteiger partial charge in [0, 0.05) is 11.1 Å². The van der Waals surface area contributed by atoms with Gasteiger partial charge in [-0.1, -0.05) is 60.7 Å². The fourth-order valence-corrected chi connectivity index (χ4v) is 3.13. The lowest BCUT2D eigenvalue weighted by atomic mass is 10.0. The summed E-state index contributed by atoms with van der Waals surface area (Å²) in [6, 6.07) is 18.6. The molecule has 2 aliphatic heterocycles. The minimum Gasteiger partial charge on any atom is -0.340 e. The lowest BCUT2D eigenvalue weighted by Crippen LogP contribution is -2.48. The van der Waals surface area contributed by atoms with E-state index in [2.05, 4.69) is 0 Å². The van der Waals surface area contributed by atoms with Gasteiger partial charge in [-0.25, -0.2) is 0 Å². The smallest absolute Gasteiger partial charge is 0.190 e. The molecule has 0 amide bonds. The minimum absolute atomic E-state index is 0.105. The van der Waals surface area contributed by atoms with Crippen LogP contribution in [0.5, 0.6) is 0 Å². The Morgan fingerprint density at radius 2 is 1.42 bits per heavy atom. The molecule has 0 bridgehead atoms. The Morgan fingerprint density at radius 3 is 2.04 bits per heavy atom. The molecule has 0 aromatic heterocycles. The molecule has 4 rings (SSSR count). The molecule has 2 aliphatic rings.